The number of tetrazole rings is 1. The minimum atomic E-state index is -0.572. The zero-order valence-corrected chi connectivity index (χ0v) is 16.5. The van der Waals surface area contributed by atoms with Crippen molar-refractivity contribution in [2.24, 2.45) is 0 Å². The fourth-order valence-electron chi connectivity index (χ4n) is 2.67. The molecule has 9 heteroatoms. The van der Waals surface area contributed by atoms with Crippen LogP contribution in [0.3, 0.4) is 0 Å². The predicted molar refractivity (Wildman–Crippen MR) is 105 cm³/mol. The Morgan fingerprint density at radius 1 is 1.21 bits per heavy atom. The van der Waals surface area contributed by atoms with Gasteiger partial charge in [0.25, 0.3) is 0 Å². The molecular weight excluding hydrogens is 382 g/mol. The number of nitrogens with one attached hydrogen (secondary N) is 1. The van der Waals surface area contributed by atoms with Gasteiger partial charge in [0.05, 0.1) is 18.3 Å². The average molecular weight is 402 g/mol. The first-order valence-corrected chi connectivity index (χ1v) is 8.97. The Balaban J connectivity index is 1.94. The standard InChI is InChI=1S/C19H20ClN5O3/c1-12(11-27-3)21-19(26)28-18-9-15(14-4-6-16(20)7-5-14)8-17(10-18)25-13(2)22-23-24-25/h4-10,12H,11H2,1-3H3,(H,21,26). The Hall–Kier alpha value is -2.97. The number of ether oxygens (including phenoxy) is 2. The van der Waals surface area contributed by atoms with Gasteiger partial charge in [0.1, 0.15) is 5.75 Å². The van der Waals surface area contributed by atoms with Crippen LogP contribution in [0, 0.1) is 6.92 Å². The number of halogens is 1. The van der Waals surface area contributed by atoms with Gasteiger partial charge in [-0.1, -0.05) is 23.7 Å². The maximum absolute atomic E-state index is 12.2. The molecule has 0 radical (unpaired) electrons. The molecule has 3 rings (SSSR count). The van der Waals surface area contributed by atoms with Gasteiger partial charge < -0.3 is 14.8 Å². The highest BCUT2D eigenvalue weighted by molar-refractivity contribution is 6.30. The average Bonchev–Trinajstić information content (AvgIpc) is 3.08. The van der Waals surface area contributed by atoms with Gasteiger partial charge in [-0.3, -0.25) is 0 Å². The lowest BCUT2D eigenvalue weighted by molar-refractivity contribution is 0.159. The number of benzene rings is 2. The quantitative estimate of drug-likeness (QED) is 0.680. The molecule has 1 unspecified atom stereocenters. The van der Waals surface area contributed by atoms with Crippen molar-refractivity contribution in [3.8, 4) is 22.6 Å². The highest BCUT2D eigenvalue weighted by Crippen LogP contribution is 2.29. The second kappa shape index (κ2) is 8.81. The predicted octanol–water partition coefficient (Wildman–Crippen LogP) is 3.41. The van der Waals surface area contributed by atoms with E-state index in [9.17, 15) is 4.79 Å². The van der Waals surface area contributed by atoms with E-state index in [-0.39, 0.29) is 6.04 Å². The van der Waals surface area contributed by atoms with Gasteiger partial charge in [-0.25, -0.2) is 4.79 Å². The first kappa shape index (κ1) is 19.8. The number of methoxy groups -OCH3 is 1. The van der Waals surface area contributed by atoms with Crippen LogP contribution in [0.4, 0.5) is 4.79 Å². The first-order chi connectivity index (χ1) is 13.5. The molecule has 0 saturated heterocycles. The molecule has 1 N–H and O–H groups in total. The summed E-state index contributed by atoms with van der Waals surface area (Å²) < 4.78 is 12.1. The van der Waals surface area contributed by atoms with E-state index in [4.69, 9.17) is 21.1 Å². The van der Waals surface area contributed by atoms with Gasteiger partial charge in [0.2, 0.25) is 0 Å². The van der Waals surface area contributed by atoms with Gasteiger partial charge in [0, 0.05) is 18.2 Å². The van der Waals surface area contributed by atoms with Crippen LogP contribution < -0.4 is 10.1 Å². The SMILES string of the molecule is COCC(C)NC(=O)Oc1cc(-c2ccc(Cl)cc2)cc(-n2nnnc2C)c1. The summed E-state index contributed by atoms with van der Waals surface area (Å²) in [5.74, 6) is 0.969. The van der Waals surface area contributed by atoms with Gasteiger partial charge in [0.15, 0.2) is 5.82 Å². The maximum Gasteiger partial charge on any atom is 0.412 e. The topological polar surface area (TPSA) is 91.2 Å². The Labute approximate surface area is 167 Å². The van der Waals surface area contributed by atoms with Crippen LogP contribution in [0.1, 0.15) is 12.7 Å². The highest BCUT2D eigenvalue weighted by atomic mass is 35.5. The molecule has 2 aromatic carbocycles. The number of amides is 1. The molecule has 0 spiro atoms. The van der Waals surface area contributed by atoms with Crippen molar-refractivity contribution in [1.29, 1.82) is 0 Å². The van der Waals surface area contributed by atoms with Gasteiger partial charge in [-0.2, -0.15) is 4.68 Å². The number of aromatic nitrogens is 4. The Morgan fingerprint density at radius 2 is 1.96 bits per heavy atom. The van der Waals surface area contributed by atoms with E-state index < -0.39 is 6.09 Å². The highest BCUT2D eigenvalue weighted by Gasteiger charge is 2.13. The second-order valence-electron chi connectivity index (χ2n) is 6.25. The summed E-state index contributed by atoms with van der Waals surface area (Å²) in [4.78, 5) is 12.2. The van der Waals surface area contributed by atoms with E-state index in [0.29, 0.717) is 28.9 Å². The van der Waals surface area contributed by atoms with Gasteiger partial charge in [-0.15, -0.1) is 5.10 Å². The van der Waals surface area contributed by atoms with Crippen molar-refractivity contribution >= 4 is 17.7 Å². The lowest BCUT2D eigenvalue weighted by atomic mass is 10.0. The summed E-state index contributed by atoms with van der Waals surface area (Å²) in [6.07, 6.45) is -0.572. The zero-order valence-electron chi connectivity index (χ0n) is 15.7. The van der Waals surface area contributed by atoms with Crippen molar-refractivity contribution in [2.75, 3.05) is 13.7 Å². The lowest BCUT2D eigenvalue weighted by Gasteiger charge is -2.14. The first-order valence-electron chi connectivity index (χ1n) is 8.60. The Bertz CT molecular complexity index is 958. The summed E-state index contributed by atoms with van der Waals surface area (Å²) in [5.41, 5.74) is 2.41. The number of nitrogens with zero attached hydrogens (tertiary/aromatic N) is 4. The van der Waals surface area contributed by atoms with E-state index in [1.165, 1.54) is 0 Å². The third-order valence-electron chi connectivity index (χ3n) is 3.93. The number of aryl methyl sites for hydroxylation is 1. The van der Waals surface area contributed by atoms with Gasteiger partial charge >= 0.3 is 6.09 Å². The number of carbonyl (C=O) groups is 1. The van der Waals surface area contributed by atoms with Crippen LogP contribution >= 0.6 is 11.6 Å². The molecule has 1 heterocycles. The monoisotopic (exact) mass is 401 g/mol. The van der Waals surface area contributed by atoms with E-state index in [0.717, 1.165) is 11.1 Å². The number of rotatable bonds is 6. The molecule has 0 bridgehead atoms. The van der Waals surface area contributed by atoms with Crippen LogP contribution in [0.5, 0.6) is 5.75 Å². The molecule has 0 saturated carbocycles. The minimum absolute atomic E-state index is 0.182. The van der Waals surface area contributed by atoms with Crippen LogP contribution in [0.2, 0.25) is 5.02 Å². The molecule has 3 aromatic rings. The molecule has 1 atom stereocenters. The van der Waals surface area contributed by atoms with E-state index in [1.54, 1.807) is 43.0 Å². The van der Waals surface area contributed by atoms with Crippen molar-refractivity contribution in [2.45, 2.75) is 19.9 Å². The van der Waals surface area contributed by atoms with Crippen LogP contribution in [0.25, 0.3) is 16.8 Å². The third kappa shape index (κ3) is 4.85. The summed E-state index contributed by atoms with van der Waals surface area (Å²) in [6, 6.07) is 12.6. The zero-order chi connectivity index (χ0) is 20.1. The smallest absolute Gasteiger partial charge is 0.410 e. The Kier molecular flexibility index (Phi) is 6.23. The van der Waals surface area contributed by atoms with E-state index in [1.807, 2.05) is 25.1 Å². The van der Waals surface area contributed by atoms with E-state index in [2.05, 4.69) is 20.8 Å². The second-order valence-corrected chi connectivity index (χ2v) is 6.69. The summed E-state index contributed by atoms with van der Waals surface area (Å²) >= 11 is 5.99. The molecule has 28 heavy (non-hydrogen) atoms. The van der Waals surface area contributed by atoms with Crippen LogP contribution in [-0.4, -0.2) is 46.1 Å². The summed E-state index contributed by atoms with van der Waals surface area (Å²) in [6.45, 7) is 3.99. The fraction of sp³-hybridized carbons (Fsp3) is 0.263. The molecule has 8 nitrogen and oxygen atoms in total. The fourth-order valence-corrected chi connectivity index (χ4v) is 2.80. The molecule has 0 aliphatic carbocycles. The third-order valence-corrected chi connectivity index (χ3v) is 4.18. The molecule has 146 valence electrons. The number of carbonyl (C=O) groups excluding carboxylic acids is 1. The molecule has 1 aromatic heterocycles. The summed E-state index contributed by atoms with van der Waals surface area (Å²) in [5, 5.41) is 14.9. The lowest BCUT2D eigenvalue weighted by Crippen LogP contribution is -2.37. The normalized spacial score (nSPS) is 11.9. The molecular formula is C19H20ClN5O3. The van der Waals surface area contributed by atoms with Crippen LogP contribution in [0.15, 0.2) is 42.5 Å². The summed E-state index contributed by atoms with van der Waals surface area (Å²) in [7, 11) is 1.57. The molecule has 0 aliphatic rings. The molecule has 0 fully saturated rings. The number of hydrogen-bond acceptors (Lipinski definition) is 6. The van der Waals surface area contributed by atoms with Gasteiger partial charge in [-0.05, 0) is 59.7 Å². The Morgan fingerprint density at radius 3 is 2.61 bits per heavy atom. The van der Waals surface area contributed by atoms with Crippen LogP contribution in [-0.2, 0) is 4.74 Å². The van der Waals surface area contributed by atoms with E-state index >= 15 is 0 Å². The number of hydrogen-bond donors (Lipinski definition) is 1. The van der Waals surface area contributed by atoms with Crippen molar-refractivity contribution in [3.63, 3.8) is 0 Å². The van der Waals surface area contributed by atoms with Crippen molar-refractivity contribution in [1.82, 2.24) is 25.5 Å². The van der Waals surface area contributed by atoms with Crippen molar-refractivity contribution in [3.05, 3.63) is 53.3 Å². The minimum Gasteiger partial charge on any atom is -0.410 e. The molecule has 0 aliphatic heterocycles. The maximum atomic E-state index is 12.2. The van der Waals surface area contributed by atoms with Crippen molar-refractivity contribution < 1.29 is 14.3 Å². The molecule has 1 amide bonds. The largest absolute Gasteiger partial charge is 0.412 e.